The number of esters is 2. The van der Waals surface area contributed by atoms with Crippen LogP contribution in [-0.2, 0) is 28.5 Å². The smallest absolute Gasteiger partial charge is 0.303 e. The summed E-state index contributed by atoms with van der Waals surface area (Å²) in [7, 11) is 0. The van der Waals surface area contributed by atoms with Gasteiger partial charge in [0.2, 0.25) is 0 Å². The summed E-state index contributed by atoms with van der Waals surface area (Å²) in [6.45, 7) is 6.60. The SMILES string of the molecule is CC(=O)OC1CC2(C)C3(CO3)C1OC1CC(C)C(OC(C)=O)C(O)C12CO. The van der Waals surface area contributed by atoms with E-state index in [1.165, 1.54) is 13.8 Å². The van der Waals surface area contributed by atoms with Gasteiger partial charge in [-0.1, -0.05) is 13.8 Å². The number of aliphatic hydroxyl groups is 2. The summed E-state index contributed by atoms with van der Waals surface area (Å²) in [5, 5.41) is 21.9. The first kappa shape index (κ1) is 19.1. The van der Waals surface area contributed by atoms with Crippen LogP contribution in [0.5, 0.6) is 0 Å². The van der Waals surface area contributed by atoms with Gasteiger partial charge in [-0.05, 0) is 18.8 Å². The molecule has 152 valence electrons. The Balaban J connectivity index is 1.78. The molecule has 4 aliphatic rings. The Bertz CT molecular complexity index is 660. The summed E-state index contributed by atoms with van der Waals surface area (Å²) < 4.78 is 23.2. The first-order valence-corrected chi connectivity index (χ1v) is 9.56. The highest BCUT2D eigenvalue weighted by Gasteiger charge is 2.84. The van der Waals surface area contributed by atoms with Gasteiger partial charge in [-0.25, -0.2) is 0 Å². The summed E-state index contributed by atoms with van der Waals surface area (Å²) in [5.41, 5.74) is -2.49. The topological polar surface area (TPSA) is 115 Å². The van der Waals surface area contributed by atoms with Crippen LogP contribution in [0, 0.1) is 16.7 Å². The van der Waals surface area contributed by atoms with Crippen molar-refractivity contribution in [1.82, 2.24) is 0 Å². The molecule has 2 aliphatic heterocycles. The van der Waals surface area contributed by atoms with Crippen molar-refractivity contribution in [3.05, 3.63) is 0 Å². The van der Waals surface area contributed by atoms with Crippen molar-refractivity contribution in [2.75, 3.05) is 13.2 Å². The molecule has 2 heterocycles. The monoisotopic (exact) mass is 384 g/mol. The van der Waals surface area contributed by atoms with Crippen LogP contribution >= 0.6 is 0 Å². The van der Waals surface area contributed by atoms with Gasteiger partial charge in [0.1, 0.15) is 30.0 Å². The van der Waals surface area contributed by atoms with Crippen molar-refractivity contribution in [2.45, 2.75) is 76.7 Å². The third-order valence-electron chi connectivity index (χ3n) is 7.58. The molecule has 2 saturated heterocycles. The standard InChI is InChI=1S/C19H28O8/c1-9-5-13-18(7-20,15(23)14(9)26-11(3)22)17(4)6-12(25-10(2)21)16(27-13)19(17)8-24-19/h9,12-16,20,23H,5-8H2,1-4H3. The van der Waals surface area contributed by atoms with Crippen LogP contribution in [0.25, 0.3) is 0 Å². The number of hydrogen-bond acceptors (Lipinski definition) is 8. The Hall–Kier alpha value is -1.22. The zero-order chi connectivity index (χ0) is 19.8. The third-order valence-corrected chi connectivity index (χ3v) is 7.58. The van der Waals surface area contributed by atoms with Gasteiger partial charge in [-0.15, -0.1) is 0 Å². The highest BCUT2D eigenvalue weighted by molar-refractivity contribution is 5.66. The summed E-state index contributed by atoms with van der Waals surface area (Å²) in [4.78, 5) is 23.2. The van der Waals surface area contributed by atoms with E-state index in [0.29, 0.717) is 19.4 Å². The lowest BCUT2D eigenvalue weighted by molar-refractivity contribution is -0.299. The van der Waals surface area contributed by atoms with Crippen LogP contribution in [0.2, 0.25) is 0 Å². The minimum atomic E-state index is -1.12. The van der Waals surface area contributed by atoms with Gasteiger partial charge in [0.05, 0.1) is 24.7 Å². The molecule has 4 fully saturated rings. The maximum absolute atomic E-state index is 11.6. The Morgan fingerprint density at radius 1 is 1.22 bits per heavy atom. The van der Waals surface area contributed by atoms with Crippen molar-refractivity contribution >= 4 is 11.9 Å². The molecule has 2 bridgehead atoms. The van der Waals surface area contributed by atoms with Gasteiger partial charge in [0.15, 0.2) is 0 Å². The molecule has 0 radical (unpaired) electrons. The van der Waals surface area contributed by atoms with Gasteiger partial charge in [-0.3, -0.25) is 9.59 Å². The zero-order valence-electron chi connectivity index (χ0n) is 16.1. The van der Waals surface area contributed by atoms with Gasteiger partial charge >= 0.3 is 11.9 Å². The molecule has 2 N–H and O–H groups in total. The fourth-order valence-electron chi connectivity index (χ4n) is 6.21. The van der Waals surface area contributed by atoms with E-state index in [2.05, 4.69) is 0 Å². The summed E-state index contributed by atoms with van der Waals surface area (Å²) in [6.07, 6.45) is -2.32. The van der Waals surface area contributed by atoms with Crippen molar-refractivity contribution in [1.29, 1.82) is 0 Å². The van der Waals surface area contributed by atoms with Crippen LogP contribution in [0.3, 0.4) is 0 Å². The van der Waals surface area contributed by atoms with Crippen molar-refractivity contribution in [3.63, 3.8) is 0 Å². The number of fused-ring (bicyclic) bond motifs is 2. The van der Waals surface area contributed by atoms with Gasteiger partial charge in [-0.2, -0.15) is 0 Å². The molecule has 0 aromatic carbocycles. The number of ether oxygens (including phenoxy) is 4. The molecular weight excluding hydrogens is 356 g/mol. The summed E-state index contributed by atoms with van der Waals surface area (Å²) in [6, 6.07) is 0. The molecule has 1 spiro atoms. The lowest BCUT2D eigenvalue weighted by atomic mass is 9.49. The van der Waals surface area contributed by atoms with Gasteiger partial charge < -0.3 is 29.2 Å². The fourth-order valence-corrected chi connectivity index (χ4v) is 6.21. The zero-order valence-corrected chi connectivity index (χ0v) is 16.1. The largest absolute Gasteiger partial charge is 0.460 e. The Kier molecular flexibility index (Phi) is 4.17. The van der Waals surface area contributed by atoms with Crippen molar-refractivity contribution in [2.24, 2.45) is 16.7 Å². The van der Waals surface area contributed by atoms with Crippen molar-refractivity contribution < 1.29 is 38.7 Å². The lowest BCUT2D eigenvalue weighted by Crippen LogP contribution is -2.73. The second-order valence-corrected chi connectivity index (χ2v) is 8.84. The van der Waals surface area contributed by atoms with Gasteiger partial charge in [0, 0.05) is 19.3 Å². The molecule has 8 heteroatoms. The fraction of sp³-hybridized carbons (Fsp3) is 0.895. The van der Waals surface area contributed by atoms with E-state index in [1.807, 2.05) is 13.8 Å². The Morgan fingerprint density at radius 3 is 2.37 bits per heavy atom. The predicted octanol–water partition coefficient (Wildman–Crippen LogP) is 0.176. The highest BCUT2D eigenvalue weighted by atomic mass is 16.7. The minimum Gasteiger partial charge on any atom is -0.460 e. The van der Waals surface area contributed by atoms with Crippen molar-refractivity contribution in [3.8, 4) is 0 Å². The predicted molar refractivity (Wildman–Crippen MR) is 90.5 cm³/mol. The molecule has 0 amide bonds. The van der Waals surface area contributed by atoms with Crippen LogP contribution in [0.15, 0.2) is 0 Å². The first-order chi connectivity index (χ1) is 12.6. The van der Waals surface area contributed by atoms with Crippen LogP contribution in [0.1, 0.15) is 40.5 Å². The maximum atomic E-state index is 11.6. The number of rotatable bonds is 3. The minimum absolute atomic E-state index is 0.141. The number of carbonyl (C=O) groups is 2. The van der Waals surface area contributed by atoms with E-state index in [-0.39, 0.29) is 12.5 Å². The maximum Gasteiger partial charge on any atom is 0.303 e. The second kappa shape index (κ2) is 5.89. The summed E-state index contributed by atoms with van der Waals surface area (Å²) >= 11 is 0. The van der Waals surface area contributed by atoms with E-state index in [9.17, 15) is 19.8 Å². The third kappa shape index (κ3) is 2.24. The van der Waals surface area contributed by atoms with Crippen LogP contribution < -0.4 is 0 Å². The molecule has 0 aromatic rings. The molecule has 2 aliphatic carbocycles. The molecule has 27 heavy (non-hydrogen) atoms. The Labute approximate surface area is 158 Å². The molecule has 9 atom stereocenters. The number of epoxide rings is 1. The average molecular weight is 384 g/mol. The molecule has 4 rings (SSSR count). The van der Waals surface area contributed by atoms with Gasteiger partial charge in [0.25, 0.3) is 0 Å². The highest BCUT2D eigenvalue weighted by Crippen LogP contribution is 2.72. The number of aliphatic hydroxyl groups excluding tert-OH is 2. The molecule has 0 aromatic heterocycles. The van der Waals surface area contributed by atoms with E-state index >= 15 is 0 Å². The van der Waals surface area contributed by atoms with E-state index in [1.54, 1.807) is 0 Å². The first-order valence-electron chi connectivity index (χ1n) is 9.56. The van der Waals surface area contributed by atoms with E-state index < -0.39 is 58.9 Å². The Morgan fingerprint density at radius 2 is 1.85 bits per heavy atom. The number of hydrogen-bond donors (Lipinski definition) is 2. The molecule has 2 saturated carbocycles. The average Bonchev–Trinajstić information content (AvgIpc) is 3.33. The van der Waals surface area contributed by atoms with E-state index in [4.69, 9.17) is 18.9 Å². The second-order valence-electron chi connectivity index (χ2n) is 8.84. The van der Waals surface area contributed by atoms with Crippen LogP contribution in [-0.4, -0.2) is 71.5 Å². The molecule has 8 nitrogen and oxygen atoms in total. The quantitative estimate of drug-likeness (QED) is 0.523. The molecular formula is C19H28O8. The number of carbonyl (C=O) groups excluding carboxylic acids is 2. The molecule has 9 unspecified atom stereocenters. The van der Waals surface area contributed by atoms with E-state index in [0.717, 1.165) is 0 Å². The normalized spacial score (nSPS) is 53.0. The summed E-state index contributed by atoms with van der Waals surface area (Å²) in [5.74, 6) is -1.01. The van der Waals surface area contributed by atoms with Crippen LogP contribution in [0.4, 0.5) is 0 Å². The lowest BCUT2D eigenvalue weighted by Gasteiger charge is -2.62.